The zero-order chi connectivity index (χ0) is 17.8. The first-order valence-corrected chi connectivity index (χ1v) is 7.92. The van der Waals surface area contributed by atoms with Gasteiger partial charge in [0.2, 0.25) is 0 Å². The van der Waals surface area contributed by atoms with Crippen LogP contribution in [0.25, 0.3) is 5.65 Å². The largest absolute Gasteiger partial charge is 0.482 e. The van der Waals surface area contributed by atoms with E-state index < -0.39 is 5.97 Å². The van der Waals surface area contributed by atoms with Crippen LogP contribution in [0.4, 0.5) is 0 Å². The van der Waals surface area contributed by atoms with E-state index in [-0.39, 0.29) is 18.8 Å². The van der Waals surface area contributed by atoms with Gasteiger partial charge in [-0.3, -0.25) is 9.20 Å². The van der Waals surface area contributed by atoms with Gasteiger partial charge < -0.3 is 9.47 Å². The summed E-state index contributed by atoms with van der Waals surface area (Å²) in [5, 5.41) is 0.516. The number of aromatic nitrogens is 2. The zero-order valence-corrected chi connectivity index (χ0v) is 14.2. The highest BCUT2D eigenvalue weighted by atomic mass is 35.5. The average molecular weight is 359 g/mol. The highest BCUT2D eigenvalue weighted by Crippen LogP contribution is 2.17. The van der Waals surface area contributed by atoms with Crippen LogP contribution in [-0.2, 0) is 16.1 Å². The Kier molecular flexibility index (Phi) is 5.00. The van der Waals surface area contributed by atoms with E-state index in [2.05, 4.69) is 4.98 Å². The minimum atomic E-state index is -0.563. The molecule has 2 aromatic heterocycles. The number of pyridine rings is 1. The summed E-state index contributed by atoms with van der Waals surface area (Å²) < 4.78 is 11.9. The van der Waals surface area contributed by atoms with Crippen LogP contribution >= 0.6 is 11.6 Å². The van der Waals surface area contributed by atoms with Crippen LogP contribution in [-0.4, -0.2) is 22.0 Å². The number of hydrogen-bond acceptors (Lipinski definition) is 5. The van der Waals surface area contributed by atoms with Crippen molar-refractivity contribution in [2.75, 3.05) is 6.61 Å². The molecular formula is C18H15ClN2O4. The van der Waals surface area contributed by atoms with Gasteiger partial charge in [0.15, 0.2) is 6.61 Å². The molecule has 0 bridgehead atoms. The monoisotopic (exact) mass is 358 g/mol. The van der Waals surface area contributed by atoms with E-state index in [0.29, 0.717) is 22.1 Å². The van der Waals surface area contributed by atoms with E-state index in [1.165, 1.54) is 10.5 Å². The van der Waals surface area contributed by atoms with Crippen LogP contribution in [0.3, 0.4) is 0 Å². The first-order valence-electron chi connectivity index (χ1n) is 7.55. The maximum absolute atomic E-state index is 12.1. The molecule has 0 radical (unpaired) electrons. The van der Waals surface area contributed by atoms with E-state index >= 15 is 0 Å². The van der Waals surface area contributed by atoms with E-state index in [4.69, 9.17) is 21.1 Å². The summed E-state index contributed by atoms with van der Waals surface area (Å²) in [6, 6.07) is 11.7. The van der Waals surface area contributed by atoms with Crippen molar-refractivity contribution in [1.82, 2.24) is 9.38 Å². The molecule has 3 rings (SSSR count). The van der Waals surface area contributed by atoms with Gasteiger partial charge in [-0.2, -0.15) is 0 Å². The Morgan fingerprint density at radius 3 is 2.88 bits per heavy atom. The Labute approximate surface area is 148 Å². The Morgan fingerprint density at radius 2 is 2.08 bits per heavy atom. The fraction of sp³-hybridized carbons (Fsp3) is 0.167. The minimum absolute atomic E-state index is 0.0994. The average Bonchev–Trinajstić information content (AvgIpc) is 2.59. The third-order valence-electron chi connectivity index (χ3n) is 3.47. The molecule has 0 unspecified atom stereocenters. The molecule has 0 saturated heterocycles. The second-order valence-corrected chi connectivity index (χ2v) is 5.81. The fourth-order valence-corrected chi connectivity index (χ4v) is 2.46. The maximum Gasteiger partial charge on any atom is 0.344 e. The van der Waals surface area contributed by atoms with Gasteiger partial charge in [0, 0.05) is 17.3 Å². The molecule has 0 saturated carbocycles. The third-order valence-corrected chi connectivity index (χ3v) is 3.71. The van der Waals surface area contributed by atoms with Crippen molar-refractivity contribution < 1.29 is 14.3 Å². The van der Waals surface area contributed by atoms with Crippen LogP contribution in [0.15, 0.2) is 53.5 Å². The molecule has 6 nitrogen and oxygen atoms in total. The Hall–Kier alpha value is -2.86. The molecule has 0 spiro atoms. The van der Waals surface area contributed by atoms with Crippen molar-refractivity contribution in [2.45, 2.75) is 13.5 Å². The summed E-state index contributed by atoms with van der Waals surface area (Å²) >= 11 is 5.84. The lowest BCUT2D eigenvalue weighted by Crippen LogP contribution is -2.19. The summed E-state index contributed by atoms with van der Waals surface area (Å²) in [5.41, 5.74) is 1.55. The summed E-state index contributed by atoms with van der Waals surface area (Å²) in [7, 11) is 0. The van der Waals surface area contributed by atoms with Crippen molar-refractivity contribution in [3.05, 3.63) is 75.3 Å². The molecular weight excluding hydrogens is 344 g/mol. The van der Waals surface area contributed by atoms with Gasteiger partial charge in [0.25, 0.3) is 5.56 Å². The van der Waals surface area contributed by atoms with Gasteiger partial charge in [-0.05, 0) is 36.8 Å². The number of carbonyl (C=O) groups is 1. The molecule has 0 aliphatic rings. The smallest absolute Gasteiger partial charge is 0.344 e. The van der Waals surface area contributed by atoms with Crippen molar-refractivity contribution in [2.24, 2.45) is 0 Å². The molecule has 0 N–H and O–H groups in total. The van der Waals surface area contributed by atoms with Crippen LogP contribution < -0.4 is 10.3 Å². The number of benzene rings is 1. The number of aryl methyl sites for hydroxylation is 1. The molecule has 0 amide bonds. The Balaban J connectivity index is 1.63. The predicted molar refractivity (Wildman–Crippen MR) is 92.9 cm³/mol. The number of halogens is 1. The molecule has 128 valence electrons. The van der Waals surface area contributed by atoms with Crippen molar-refractivity contribution in [3.8, 4) is 5.75 Å². The lowest BCUT2D eigenvalue weighted by molar-refractivity contribution is -0.147. The SMILES string of the molecule is Cc1cccn2c(=O)cc(COC(=O)COc3cccc(Cl)c3)nc12. The van der Waals surface area contributed by atoms with Gasteiger partial charge in [-0.25, -0.2) is 9.78 Å². The highest BCUT2D eigenvalue weighted by Gasteiger charge is 2.09. The fourth-order valence-electron chi connectivity index (χ4n) is 2.28. The predicted octanol–water partition coefficient (Wildman–Crippen LogP) is 2.78. The minimum Gasteiger partial charge on any atom is -0.482 e. The molecule has 25 heavy (non-hydrogen) atoms. The first kappa shape index (κ1) is 17.0. The molecule has 0 aliphatic carbocycles. The van der Waals surface area contributed by atoms with Crippen LogP contribution in [0.5, 0.6) is 5.75 Å². The van der Waals surface area contributed by atoms with Crippen LogP contribution in [0.2, 0.25) is 5.02 Å². The van der Waals surface area contributed by atoms with E-state index in [1.807, 2.05) is 13.0 Å². The summed E-state index contributed by atoms with van der Waals surface area (Å²) in [6.45, 7) is 1.50. The lowest BCUT2D eigenvalue weighted by atomic mass is 10.3. The van der Waals surface area contributed by atoms with Crippen LogP contribution in [0.1, 0.15) is 11.3 Å². The van der Waals surface area contributed by atoms with E-state index in [0.717, 1.165) is 5.56 Å². The third kappa shape index (κ3) is 4.16. The molecule has 0 aliphatic heterocycles. The molecule has 7 heteroatoms. The Morgan fingerprint density at radius 1 is 1.24 bits per heavy atom. The molecule has 0 atom stereocenters. The van der Waals surface area contributed by atoms with Gasteiger partial charge in [0.05, 0.1) is 5.69 Å². The lowest BCUT2D eigenvalue weighted by Gasteiger charge is -2.08. The van der Waals surface area contributed by atoms with E-state index in [1.54, 1.807) is 36.5 Å². The number of hydrogen-bond donors (Lipinski definition) is 0. The number of nitrogens with zero attached hydrogens (tertiary/aromatic N) is 2. The normalized spacial score (nSPS) is 10.6. The topological polar surface area (TPSA) is 69.9 Å². The Bertz CT molecular complexity index is 984. The number of rotatable bonds is 5. The van der Waals surface area contributed by atoms with Gasteiger partial charge in [0.1, 0.15) is 18.0 Å². The summed E-state index contributed by atoms with van der Waals surface area (Å²) in [6.07, 6.45) is 1.65. The van der Waals surface area contributed by atoms with E-state index in [9.17, 15) is 9.59 Å². The standard InChI is InChI=1S/C18H15ClN2O4/c1-12-4-3-7-21-16(22)9-14(20-18(12)21)10-25-17(23)11-24-15-6-2-5-13(19)8-15/h2-9H,10-11H2,1H3. The first-order chi connectivity index (χ1) is 12.0. The molecule has 2 heterocycles. The molecule has 3 aromatic rings. The van der Waals surface area contributed by atoms with Gasteiger partial charge >= 0.3 is 5.97 Å². The van der Waals surface area contributed by atoms with Gasteiger partial charge in [-0.1, -0.05) is 23.7 Å². The molecule has 0 fully saturated rings. The van der Waals surface area contributed by atoms with Crippen molar-refractivity contribution >= 4 is 23.2 Å². The zero-order valence-electron chi connectivity index (χ0n) is 13.4. The van der Waals surface area contributed by atoms with Crippen molar-refractivity contribution in [1.29, 1.82) is 0 Å². The highest BCUT2D eigenvalue weighted by molar-refractivity contribution is 6.30. The number of carbonyl (C=O) groups excluding carboxylic acids is 1. The summed E-state index contributed by atoms with van der Waals surface area (Å²) in [5.74, 6) is -0.0890. The second kappa shape index (κ2) is 7.36. The number of esters is 1. The number of ether oxygens (including phenoxy) is 2. The number of fused-ring (bicyclic) bond motifs is 1. The maximum atomic E-state index is 12.1. The van der Waals surface area contributed by atoms with Crippen molar-refractivity contribution in [3.63, 3.8) is 0 Å². The van der Waals surface area contributed by atoms with Gasteiger partial charge in [-0.15, -0.1) is 0 Å². The second-order valence-electron chi connectivity index (χ2n) is 5.38. The van der Waals surface area contributed by atoms with Crippen LogP contribution in [0, 0.1) is 6.92 Å². The quantitative estimate of drug-likeness (QED) is 0.656. The molecule has 1 aromatic carbocycles. The summed E-state index contributed by atoms with van der Waals surface area (Å²) in [4.78, 5) is 28.2.